The third-order valence-electron chi connectivity index (χ3n) is 3.87. The predicted molar refractivity (Wildman–Crippen MR) is 125 cm³/mol. The molecule has 8 heteroatoms. The fourth-order valence-electron chi connectivity index (χ4n) is 2.89. The molecular formula is C23H31NO6S. The van der Waals surface area contributed by atoms with Crippen LogP contribution < -0.4 is 14.8 Å². The molecule has 0 bridgehead atoms. The number of fused-ring (bicyclic) bond motifs is 1. The van der Waals surface area contributed by atoms with Crippen LogP contribution in [-0.2, 0) is 10.4 Å². The summed E-state index contributed by atoms with van der Waals surface area (Å²) >= 11 is 0. The lowest BCUT2D eigenvalue weighted by atomic mass is 9.91. The number of hydrogen-bond acceptors (Lipinski definition) is 5. The van der Waals surface area contributed by atoms with Crippen molar-refractivity contribution in [2.24, 2.45) is 0 Å². The number of nitrogens with one attached hydrogen (secondary N) is 1. The molecule has 0 unspecified atom stereocenters. The van der Waals surface area contributed by atoms with Gasteiger partial charge in [-0.2, -0.15) is 8.42 Å². The van der Waals surface area contributed by atoms with Crippen LogP contribution in [0.25, 0.3) is 5.57 Å². The molecule has 0 spiro atoms. The largest absolute Gasteiger partial charge is 0.494 e. The Morgan fingerprint density at radius 2 is 1.68 bits per heavy atom. The maximum absolute atomic E-state index is 8.74. The average molecular weight is 450 g/mol. The number of anilines is 1. The summed E-state index contributed by atoms with van der Waals surface area (Å²) in [5.41, 5.74) is 3.77. The molecule has 1 heterocycles. The summed E-state index contributed by atoms with van der Waals surface area (Å²) in [4.78, 5) is 0. The topological polar surface area (TPSA) is 105 Å². The van der Waals surface area contributed by atoms with Gasteiger partial charge in [-0.15, -0.1) is 0 Å². The fraction of sp³-hybridized carbons (Fsp3) is 0.304. The van der Waals surface area contributed by atoms with Crippen LogP contribution in [0.4, 0.5) is 5.69 Å². The third kappa shape index (κ3) is 11.2. The molecule has 3 rings (SSSR count). The van der Waals surface area contributed by atoms with Crippen LogP contribution >= 0.6 is 0 Å². The minimum absolute atomic E-state index is 0.0320. The Bertz CT molecular complexity index is 961. The number of para-hydroxylation sites is 1. The Balaban J connectivity index is 0.000000273. The lowest BCUT2D eigenvalue weighted by molar-refractivity contribution is 0.340. The molecule has 7 nitrogen and oxygen atoms in total. The summed E-state index contributed by atoms with van der Waals surface area (Å²) in [6, 6.07) is 15.9. The van der Waals surface area contributed by atoms with Crippen molar-refractivity contribution in [2.75, 3.05) is 18.5 Å². The Labute approximate surface area is 185 Å². The van der Waals surface area contributed by atoms with Crippen LogP contribution in [0.5, 0.6) is 11.5 Å². The third-order valence-corrected chi connectivity index (χ3v) is 3.87. The molecule has 31 heavy (non-hydrogen) atoms. The number of benzene rings is 2. The molecule has 0 amide bonds. The molecule has 0 saturated carbocycles. The van der Waals surface area contributed by atoms with Gasteiger partial charge in [0.1, 0.15) is 18.1 Å². The molecule has 1 aliphatic rings. The van der Waals surface area contributed by atoms with E-state index in [4.69, 9.17) is 27.0 Å². The SMILES string of the molecule is C=CCOc1ccccc1.CCOc1ccc2c(c1)C(C)=CC(C)(C)N2.O=S(=O)(O)O. The van der Waals surface area contributed by atoms with Gasteiger partial charge in [-0.3, -0.25) is 9.11 Å². The number of rotatable bonds is 5. The van der Waals surface area contributed by atoms with Crippen molar-refractivity contribution in [1.29, 1.82) is 0 Å². The average Bonchev–Trinajstić information content (AvgIpc) is 2.66. The molecule has 0 saturated heterocycles. The normalized spacial score (nSPS) is 13.5. The van der Waals surface area contributed by atoms with E-state index in [1.807, 2.05) is 43.3 Å². The highest BCUT2D eigenvalue weighted by molar-refractivity contribution is 7.79. The van der Waals surface area contributed by atoms with Crippen LogP contribution in [0.1, 0.15) is 33.3 Å². The van der Waals surface area contributed by atoms with E-state index in [1.165, 1.54) is 16.8 Å². The van der Waals surface area contributed by atoms with Gasteiger partial charge in [0.2, 0.25) is 0 Å². The van der Waals surface area contributed by atoms with Gasteiger partial charge in [0.05, 0.1) is 12.1 Å². The molecule has 0 atom stereocenters. The quantitative estimate of drug-likeness (QED) is 0.421. The first-order chi connectivity index (χ1) is 14.4. The van der Waals surface area contributed by atoms with E-state index < -0.39 is 10.4 Å². The number of hydrogen-bond donors (Lipinski definition) is 3. The standard InChI is InChI=1S/C14H19NO.C9H10O.H2O4S/c1-5-16-11-6-7-13-12(8-11)10(2)9-14(3,4)15-13;1-2-8-10-9-6-4-3-5-7-9;1-5(2,3)4/h6-9,15H,5H2,1-4H3;2-7H,1,8H2;(H2,1,2,3,4). The zero-order valence-corrected chi connectivity index (χ0v) is 19.1. The van der Waals surface area contributed by atoms with Gasteiger partial charge in [0.15, 0.2) is 0 Å². The van der Waals surface area contributed by atoms with Crippen molar-refractivity contribution in [1.82, 2.24) is 0 Å². The molecule has 170 valence electrons. The van der Waals surface area contributed by atoms with Gasteiger partial charge in [0, 0.05) is 11.3 Å². The summed E-state index contributed by atoms with van der Waals surface area (Å²) in [6.45, 7) is 13.3. The molecule has 0 fully saturated rings. The minimum Gasteiger partial charge on any atom is -0.494 e. The van der Waals surface area contributed by atoms with Crippen molar-refractivity contribution >= 4 is 21.7 Å². The van der Waals surface area contributed by atoms with Gasteiger partial charge in [-0.1, -0.05) is 36.9 Å². The van der Waals surface area contributed by atoms with Gasteiger partial charge < -0.3 is 14.8 Å². The highest BCUT2D eigenvalue weighted by Crippen LogP contribution is 2.35. The molecule has 0 radical (unpaired) electrons. The van der Waals surface area contributed by atoms with Crippen LogP contribution in [0.2, 0.25) is 0 Å². The first-order valence-corrected chi connectivity index (χ1v) is 11.1. The smallest absolute Gasteiger partial charge is 0.394 e. The van der Waals surface area contributed by atoms with E-state index in [-0.39, 0.29) is 5.54 Å². The van der Waals surface area contributed by atoms with Crippen molar-refractivity contribution in [3.63, 3.8) is 0 Å². The Morgan fingerprint density at radius 1 is 1.06 bits per heavy atom. The van der Waals surface area contributed by atoms with Gasteiger partial charge >= 0.3 is 10.4 Å². The van der Waals surface area contributed by atoms with Crippen molar-refractivity contribution in [3.8, 4) is 11.5 Å². The second kappa shape index (κ2) is 12.1. The van der Waals surface area contributed by atoms with Crippen LogP contribution in [0, 0.1) is 0 Å². The lowest BCUT2D eigenvalue weighted by Gasteiger charge is -2.31. The zero-order valence-electron chi connectivity index (χ0n) is 18.3. The first-order valence-electron chi connectivity index (χ1n) is 9.68. The second-order valence-electron chi connectivity index (χ2n) is 7.18. The van der Waals surface area contributed by atoms with Gasteiger partial charge in [-0.05, 0) is 63.6 Å². The molecule has 0 aromatic heterocycles. The summed E-state index contributed by atoms with van der Waals surface area (Å²) in [5, 5.41) is 3.50. The van der Waals surface area contributed by atoms with Crippen LogP contribution in [0.15, 0.2) is 67.3 Å². The summed E-state index contributed by atoms with van der Waals surface area (Å²) in [7, 11) is -4.67. The van der Waals surface area contributed by atoms with Gasteiger partial charge in [0.25, 0.3) is 0 Å². The van der Waals surface area contributed by atoms with E-state index >= 15 is 0 Å². The highest BCUT2D eigenvalue weighted by atomic mass is 32.3. The van der Waals surface area contributed by atoms with Crippen molar-refractivity contribution in [2.45, 2.75) is 33.2 Å². The van der Waals surface area contributed by atoms with Gasteiger partial charge in [-0.25, -0.2) is 0 Å². The number of allylic oxidation sites excluding steroid dienone is 1. The minimum atomic E-state index is -4.67. The highest BCUT2D eigenvalue weighted by Gasteiger charge is 2.22. The Hall–Kier alpha value is -2.81. The second-order valence-corrected chi connectivity index (χ2v) is 8.07. The van der Waals surface area contributed by atoms with Crippen molar-refractivity contribution < 1.29 is 27.0 Å². The van der Waals surface area contributed by atoms with Crippen molar-refractivity contribution in [3.05, 3.63) is 72.8 Å². The number of ether oxygens (including phenoxy) is 2. The Morgan fingerprint density at radius 3 is 2.23 bits per heavy atom. The molecule has 1 aliphatic heterocycles. The van der Waals surface area contributed by atoms with E-state index in [2.05, 4.69) is 50.9 Å². The molecule has 2 aromatic rings. The Kier molecular flexibility index (Phi) is 10.3. The monoisotopic (exact) mass is 449 g/mol. The predicted octanol–water partition coefficient (Wildman–Crippen LogP) is 5.29. The van der Waals surface area contributed by atoms with E-state index in [1.54, 1.807) is 6.08 Å². The summed E-state index contributed by atoms with van der Waals surface area (Å²) < 4.78 is 42.3. The van der Waals surface area contributed by atoms with E-state index in [0.717, 1.165) is 11.5 Å². The summed E-state index contributed by atoms with van der Waals surface area (Å²) in [5.74, 6) is 1.83. The molecule has 0 aliphatic carbocycles. The molecule has 2 aromatic carbocycles. The maximum atomic E-state index is 8.74. The van der Waals surface area contributed by atoms with Crippen LogP contribution in [-0.4, -0.2) is 36.3 Å². The first kappa shape index (κ1) is 26.2. The maximum Gasteiger partial charge on any atom is 0.394 e. The molecular weight excluding hydrogens is 418 g/mol. The lowest BCUT2D eigenvalue weighted by Crippen LogP contribution is -2.31. The molecule has 3 N–H and O–H groups in total. The zero-order chi connectivity index (χ0) is 23.5. The fourth-order valence-corrected chi connectivity index (χ4v) is 2.89. The van der Waals surface area contributed by atoms with E-state index in [9.17, 15) is 0 Å². The summed E-state index contributed by atoms with van der Waals surface area (Å²) in [6.07, 6.45) is 3.98. The van der Waals surface area contributed by atoms with Crippen LogP contribution in [0.3, 0.4) is 0 Å². The van der Waals surface area contributed by atoms with E-state index in [0.29, 0.717) is 13.2 Å².